The van der Waals surface area contributed by atoms with E-state index >= 15 is 0 Å². The highest BCUT2D eigenvalue weighted by Crippen LogP contribution is 2.19. The number of rotatable bonds is 8. The molecule has 152 valence electrons. The van der Waals surface area contributed by atoms with Gasteiger partial charge >= 0.3 is 5.97 Å². The lowest BCUT2D eigenvalue weighted by molar-refractivity contribution is -0.153. The molecule has 0 saturated heterocycles. The van der Waals surface area contributed by atoms with Crippen LogP contribution in [0.4, 0.5) is 0 Å². The van der Waals surface area contributed by atoms with Crippen LogP contribution >= 0.6 is 0 Å². The zero-order valence-corrected chi connectivity index (χ0v) is 17.0. The monoisotopic (exact) mass is 386 g/mol. The summed E-state index contributed by atoms with van der Waals surface area (Å²) in [5, 5.41) is 5.32. The van der Waals surface area contributed by atoms with Crippen molar-refractivity contribution in [3.05, 3.63) is 46.5 Å². The normalized spacial score (nSPS) is 14.6. The number of aryl methyl sites for hydroxylation is 2. The number of carbonyl (C=O) groups is 3. The van der Waals surface area contributed by atoms with Gasteiger partial charge < -0.3 is 15.4 Å². The number of hydrogen-bond donors (Lipinski definition) is 2. The second-order valence-electron chi connectivity index (χ2n) is 7.26. The van der Waals surface area contributed by atoms with Crippen LogP contribution in [0.15, 0.2) is 29.8 Å². The Kier molecular flexibility index (Phi) is 8.23. The second-order valence-corrected chi connectivity index (χ2v) is 7.26. The molecule has 0 saturated carbocycles. The highest BCUT2D eigenvalue weighted by Gasteiger charge is 2.18. The quantitative estimate of drug-likeness (QED) is 0.531. The van der Waals surface area contributed by atoms with Crippen molar-refractivity contribution >= 4 is 17.8 Å². The van der Waals surface area contributed by atoms with Crippen molar-refractivity contribution in [2.75, 3.05) is 13.1 Å². The molecule has 1 atom stereocenters. The topological polar surface area (TPSA) is 84.5 Å². The average molecular weight is 386 g/mol. The largest absolute Gasteiger partial charge is 0.451 e. The molecule has 0 bridgehead atoms. The molecule has 6 nitrogen and oxygen atoms in total. The highest BCUT2D eigenvalue weighted by molar-refractivity contribution is 5.96. The Labute approximate surface area is 166 Å². The van der Waals surface area contributed by atoms with Gasteiger partial charge in [0.1, 0.15) is 6.54 Å². The minimum atomic E-state index is -0.897. The molecule has 1 aromatic carbocycles. The van der Waals surface area contributed by atoms with Crippen molar-refractivity contribution in [1.29, 1.82) is 0 Å². The molecular formula is C22H30N2O4. The molecule has 0 fully saturated rings. The first-order valence-electron chi connectivity index (χ1n) is 9.87. The fourth-order valence-electron chi connectivity index (χ4n) is 3.05. The molecule has 0 spiro atoms. The first-order valence-corrected chi connectivity index (χ1v) is 9.87. The maximum absolute atomic E-state index is 12.1. The van der Waals surface area contributed by atoms with Crippen LogP contribution in [-0.4, -0.2) is 37.0 Å². The molecule has 0 aliphatic heterocycles. The van der Waals surface area contributed by atoms with Gasteiger partial charge in [-0.2, -0.15) is 0 Å². The summed E-state index contributed by atoms with van der Waals surface area (Å²) < 4.78 is 5.10. The van der Waals surface area contributed by atoms with Crippen LogP contribution in [0.1, 0.15) is 60.5 Å². The van der Waals surface area contributed by atoms with E-state index in [1.54, 1.807) is 12.1 Å². The molecule has 2 N–H and O–H groups in total. The molecule has 0 radical (unpaired) electrons. The summed E-state index contributed by atoms with van der Waals surface area (Å²) in [7, 11) is 0. The maximum Gasteiger partial charge on any atom is 0.326 e. The summed E-state index contributed by atoms with van der Waals surface area (Å²) in [4.78, 5) is 36.1. The number of allylic oxidation sites excluding steroid dienone is 1. The van der Waals surface area contributed by atoms with Crippen molar-refractivity contribution in [2.24, 2.45) is 0 Å². The minimum Gasteiger partial charge on any atom is -0.451 e. The maximum atomic E-state index is 12.1. The van der Waals surface area contributed by atoms with Gasteiger partial charge in [-0.05, 0) is 76.1 Å². The zero-order valence-electron chi connectivity index (χ0n) is 17.0. The van der Waals surface area contributed by atoms with E-state index in [9.17, 15) is 14.4 Å². The van der Waals surface area contributed by atoms with Crippen molar-refractivity contribution in [3.63, 3.8) is 0 Å². The lowest BCUT2D eigenvalue weighted by Gasteiger charge is -2.16. The lowest BCUT2D eigenvalue weighted by atomic mass is 9.97. The van der Waals surface area contributed by atoms with E-state index in [4.69, 9.17) is 4.74 Å². The van der Waals surface area contributed by atoms with Crippen molar-refractivity contribution in [2.45, 2.75) is 59.0 Å². The van der Waals surface area contributed by atoms with Gasteiger partial charge in [-0.25, -0.2) is 0 Å². The first-order chi connectivity index (χ1) is 13.4. The molecule has 1 aliphatic rings. The summed E-state index contributed by atoms with van der Waals surface area (Å²) in [5.41, 5.74) is 3.96. The van der Waals surface area contributed by atoms with E-state index in [0.717, 1.165) is 30.4 Å². The SMILES string of the molecule is Cc1ccc(C(=O)NCC(=O)O[C@H](C)C(=O)NCCC2=CCCCC2)cc1C. The third kappa shape index (κ3) is 6.83. The summed E-state index contributed by atoms with van der Waals surface area (Å²) in [6, 6.07) is 5.34. The molecular weight excluding hydrogens is 356 g/mol. The Bertz CT molecular complexity index is 755. The van der Waals surface area contributed by atoms with E-state index < -0.39 is 12.1 Å². The molecule has 1 aromatic rings. The van der Waals surface area contributed by atoms with Gasteiger partial charge in [0, 0.05) is 12.1 Å². The highest BCUT2D eigenvalue weighted by atomic mass is 16.5. The third-order valence-corrected chi connectivity index (χ3v) is 4.97. The second kappa shape index (κ2) is 10.6. The first kappa shape index (κ1) is 21.7. The summed E-state index contributed by atoms with van der Waals surface area (Å²) in [6.45, 7) is 5.67. The van der Waals surface area contributed by atoms with Crippen LogP contribution in [-0.2, 0) is 14.3 Å². The Morgan fingerprint density at radius 1 is 1.11 bits per heavy atom. The summed E-state index contributed by atoms with van der Waals surface area (Å²) in [6.07, 6.45) is 6.85. The zero-order chi connectivity index (χ0) is 20.5. The Morgan fingerprint density at radius 3 is 2.57 bits per heavy atom. The molecule has 6 heteroatoms. The smallest absolute Gasteiger partial charge is 0.326 e. The number of hydrogen-bond acceptors (Lipinski definition) is 4. The summed E-state index contributed by atoms with van der Waals surface area (Å²) >= 11 is 0. The molecule has 2 rings (SSSR count). The Morgan fingerprint density at radius 2 is 1.89 bits per heavy atom. The molecule has 28 heavy (non-hydrogen) atoms. The number of carbonyl (C=O) groups excluding carboxylic acids is 3. The van der Waals surface area contributed by atoms with E-state index in [1.165, 1.54) is 25.3 Å². The number of benzene rings is 1. The Hall–Kier alpha value is -2.63. The van der Waals surface area contributed by atoms with Gasteiger partial charge in [0.25, 0.3) is 11.8 Å². The lowest BCUT2D eigenvalue weighted by Crippen LogP contribution is -2.39. The van der Waals surface area contributed by atoms with E-state index in [1.807, 2.05) is 19.9 Å². The average Bonchev–Trinajstić information content (AvgIpc) is 2.68. The van der Waals surface area contributed by atoms with Gasteiger partial charge in [0.2, 0.25) is 0 Å². The van der Waals surface area contributed by atoms with Crippen LogP contribution in [0.3, 0.4) is 0 Å². The minimum absolute atomic E-state index is 0.281. The van der Waals surface area contributed by atoms with Crippen LogP contribution in [0.5, 0.6) is 0 Å². The van der Waals surface area contributed by atoms with Gasteiger partial charge in [-0.3, -0.25) is 14.4 Å². The van der Waals surface area contributed by atoms with Crippen LogP contribution in [0, 0.1) is 13.8 Å². The van der Waals surface area contributed by atoms with Gasteiger partial charge in [0.05, 0.1) is 0 Å². The molecule has 1 aliphatic carbocycles. The van der Waals surface area contributed by atoms with Gasteiger partial charge in [0.15, 0.2) is 6.10 Å². The van der Waals surface area contributed by atoms with Crippen LogP contribution in [0.25, 0.3) is 0 Å². The fraction of sp³-hybridized carbons (Fsp3) is 0.500. The van der Waals surface area contributed by atoms with Gasteiger partial charge in [-0.1, -0.05) is 17.7 Å². The van der Waals surface area contributed by atoms with Crippen molar-refractivity contribution in [3.8, 4) is 0 Å². The molecule has 0 heterocycles. The summed E-state index contributed by atoms with van der Waals surface area (Å²) in [5.74, 6) is -1.32. The van der Waals surface area contributed by atoms with E-state index in [0.29, 0.717) is 12.1 Å². The van der Waals surface area contributed by atoms with Gasteiger partial charge in [-0.15, -0.1) is 0 Å². The number of esters is 1. The van der Waals surface area contributed by atoms with E-state index in [2.05, 4.69) is 16.7 Å². The fourth-order valence-corrected chi connectivity index (χ4v) is 3.05. The van der Waals surface area contributed by atoms with E-state index in [-0.39, 0.29) is 18.4 Å². The van der Waals surface area contributed by atoms with Crippen molar-refractivity contribution < 1.29 is 19.1 Å². The predicted octanol–water partition coefficient (Wildman–Crippen LogP) is 2.97. The number of nitrogens with one attached hydrogen (secondary N) is 2. The van der Waals surface area contributed by atoms with Crippen LogP contribution < -0.4 is 10.6 Å². The molecule has 0 aromatic heterocycles. The van der Waals surface area contributed by atoms with Crippen molar-refractivity contribution in [1.82, 2.24) is 10.6 Å². The third-order valence-electron chi connectivity index (χ3n) is 4.97. The molecule has 2 amide bonds. The number of amides is 2. The Balaban J connectivity index is 1.69. The predicted molar refractivity (Wildman–Crippen MR) is 108 cm³/mol. The number of ether oxygens (including phenoxy) is 1. The standard InChI is InChI=1S/C22H30N2O4/c1-15-9-10-19(13-16(15)2)22(27)24-14-20(25)28-17(3)21(26)23-12-11-18-7-5-4-6-8-18/h7,9-10,13,17H,4-6,8,11-12,14H2,1-3H3,(H,23,26)(H,24,27)/t17-/m1/s1. The molecule has 0 unspecified atom stereocenters. The van der Waals surface area contributed by atoms with Crippen LogP contribution in [0.2, 0.25) is 0 Å².